The van der Waals surface area contributed by atoms with Crippen LogP contribution >= 0.6 is 11.3 Å². The Hall–Kier alpha value is -4.05. The molecular formula is C28H30N2O7S. The Morgan fingerprint density at radius 2 is 1.87 bits per heavy atom. The number of carbonyl (C=O) groups excluding carboxylic acids is 1. The zero-order valence-electron chi connectivity index (χ0n) is 21.9. The SMILES string of the molecule is CCCCOc1ccc(C2C(C(=O)OC)=C(C)N=c3sc(=Cc4ccc(O)c(OC)c4)c(=O)n32)cc1OC. The zero-order chi connectivity index (χ0) is 27.4. The quantitative estimate of drug-likeness (QED) is 0.329. The highest BCUT2D eigenvalue weighted by Gasteiger charge is 2.33. The van der Waals surface area contributed by atoms with Crippen LogP contribution in [0, 0.1) is 0 Å². The molecule has 0 bridgehead atoms. The van der Waals surface area contributed by atoms with Crippen molar-refractivity contribution in [2.75, 3.05) is 27.9 Å². The van der Waals surface area contributed by atoms with Gasteiger partial charge in [-0.05, 0) is 54.8 Å². The molecule has 3 aromatic rings. The number of thiazole rings is 1. The molecule has 1 aliphatic rings. The van der Waals surface area contributed by atoms with E-state index in [9.17, 15) is 14.7 Å². The van der Waals surface area contributed by atoms with E-state index in [1.54, 1.807) is 44.4 Å². The monoisotopic (exact) mass is 538 g/mol. The summed E-state index contributed by atoms with van der Waals surface area (Å²) < 4.78 is 23.6. The standard InChI is InChI=1S/C28H30N2O7S/c1-6-7-12-37-20-11-9-18(15-22(20)35-4)25-24(27(33)36-5)16(2)29-28-30(25)26(32)23(38-28)14-17-8-10-19(31)21(13-17)34-3/h8-11,13-15,25,31H,6-7,12H2,1-5H3. The Morgan fingerprint density at radius 1 is 1.11 bits per heavy atom. The highest BCUT2D eigenvalue weighted by atomic mass is 32.1. The van der Waals surface area contributed by atoms with Crippen LogP contribution in [0.15, 0.2) is 57.5 Å². The lowest BCUT2D eigenvalue weighted by molar-refractivity contribution is -0.136. The van der Waals surface area contributed by atoms with Crippen molar-refractivity contribution in [1.82, 2.24) is 4.57 Å². The fraction of sp³-hybridized carbons (Fsp3) is 0.321. The Bertz CT molecular complexity index is 1570. The molecule has 0 aliphatic carbocycles. The van der Waals surface area contributed by atoms with Gasteiger partial charge in [0.05, 0.1) is 49.8 Å². The Morgan fingerprint density at radius 3 is 2.55 bits per heavy atom. The number of nitrogens with zero attached hydrogens (tertiary/aromatic N) is 2. The van der Waals surface area contributed by atoms with E-state index in [-0.39, 0.29) is 16.9 Å². The van der Waals surface area contributed by atoms with Gasteiger partial charge in [0.2, 0.25) is 0 Å². The molecule has 9 nitrogen and oxygen atoms in total. The van der Waals surface area contributed by atoms with Crippen molar-refractivity contribution in [2.24, 2.45) is 4.99 Å². The molecule has 1 unspecified atom stereocenters. The first-order valence-corrected chi connectivity index (χ1v) is 12.9. The fourth-order valence-corrected chi connectivity index (χ4v) is 5.29. The molecule has 0 saturated carbocycles. The van der Waals surface area contributed by atoms with Crippen molar-refractivity contribution in [1.29, 1.82) is 0 Å². The third kappa shape index (κ3) is 5.17. The van der Waals surface area contributed by atoms with Gasteiger partial charge in [-0.1, -0.05) is 36.8 Å². The maximum absolute atomic E-state index is 13.8. The highest BCUT2D eigenvalue weighted by Crippen LogP contribution is 2.36. The maximum atomic E-state index is 13.8. The Balaban J connectivity index is 1.89. The summed E-state index contributed by atoms with van der Waals surface area (Å²) in [5.74, 6) is 0.799. The van der Waals surface area contributed by atoms with E-state index in [0.29, 0.717) is 50.0 Å². The Kier molecular flexibility index (Phi) is 8.21. The summed E-state index contributed by atoms with van der Waals surface area (Å²) in [5.41, 5.74) is 1.73. The molecule has 0 radical (unpaired) electrons. The molecule has 0 saturated heterocycles. The summed E-state index contributed by atoms with van der Waals surface area (Å²) in [6, 6.07) is 9.41. The minimum Gasteiger partial charge on any atom is -0.504 e. The van der Waals surface area contributed by atoms with Gasteiger partial charge in [0.25, 0.3) is 5.56 Å². The number of benzene rings is 2. The van der Waals surface area contributed by atoms with Crippen LogP contribution in [0.25, 0.3) is 6.08 Å². The topological polar surface area (TPSA) is 109 Å². The average Bonchev–Trinajstić information content (AvgIpc) is 3.22. The summed E-state index contributed by atoms with van der Waals surface area (Å²) >= 11 is 1.21. The van der Waals surface area contributed by atoms with E-state index >= 15 is 0 Å². The number of methoxy groups -OCH3 is 3. The lowest BCUT2D eigenvalue weighted by Gasteiger charge is -2.25. The normalized spacial score (nSPS) is 15.1. The van der Waals surface area contributed by atoms with Crippen molar-refractivity contribution in [3.05, 3.63) is 78.5 Å². The van der Waals surface area contributed by atoms with Crippen LogP contribution in [0.3, 0.4) is 0 Å². The van der Waals surface area contributed by atoms with Crippen LogP contribution in [0.1, 0.15) is 43.9 Å². The number of hydrogen-bond donors (Lipinski definition) is 1. The summed E-state index contributed by atoms with van der Waals surface area (Å²) in [6.07, 6.45) is 3.60. The lowest BCUT2D eigenvalue weighted by Crippen LogP contribution is -2.39. The first-order valence-electron chi connectivity index (χ1n) is 12.1. The number of aromatic hydroxyl groups is 1. The van der Waals surface area contributed by atoms with Gasteiger partial charge in [0.1, 0.15) is 0 Å². The fourth-order valence-electron chi connectivity index (χ4n) is 4.24. The van der Waals surface area contributed by atoms with Crippen LogP contribution in [0.2, 0.25) is 0 Å². The van der Waals surface area contributed by atoms with E-state index in [0.717, 1.165) is 12.8 Å². The number of phenolic OH excluding ortho intramolecular Hbond substituents is 1. The van der Waals surface area contributed by atoms with Crippen LogP contribution in [0.4, 0.5) is 0 Å². The van der Waals surface area contributed by atoms with Gasteiger partial charge in [-0.25, -0.2) is 9.79 Å². The van der Waals surface area contributed by atoms with E-state index in [4.69, 9.17) is 18.9 Å². The molecule has 10 heteroatoms. The number of phenols is 1. The zero-order valence-corrected chi connectivity index (χ0v) is 22.8. The van der Waals surface area contributed by atoms with E-state index in [1.807, 2.05) is 6.07 Å². The number of carbonyl (C=O) groups is 1. The van der Waals surface area contributed by atoms with Crippen molar-refractivity contribution in [3.63, 3.8) is 0 Å². The second-order valence-electron chi connectivity index (χ2n) is 8.62. The smallest absolute Gasteiger partial charge is 0.338 e. The number of esters is 1. The number of hydrogen-bond acceptors (Lipinski definition) is 9. The number of ether oxygens (including phenoxy) is 4. The largest absolute Gasteiger partial charge is 0.504 e. The van der Waals surface area contributed by atoms with Gasteiger partial charge in [0, 0.05) is 0 Å². The number of fused-ring (bicyclic) bond motifs is 1. The summed E-state index contributed by atoms with van der Waals surface area (Å²) in [4.78, 5) is 31.7. The van der Waals surface area contributed by atoms with Gasteiger partial charge in [-0.2, -0.15) is 0 Å². The van der Waals surface area contributed by atoms with Crippen molar-refractivity contribution < 1.29 is 28.8 Å². The van der Waals surface area contributed by atoms with Crippen LogP contribution in [0.5, 0.6) is 23.0 Å². The van der Waals surface area contributed by atoms with Gasteiger partial charge >= 0.3 is 5.97 Å². The van der Waals surface area contributed by atoms with E-state index in [1.165, 1.54) is 36.2 Å². The molecule has 1 aromatic heterocycles. The van der Waals surface area contributed by atoms with Gasteiger partial charge in [0.15, 0.2) is 27.8 Å². The summed E-state index contributed by atoms with van der Waals surface area (Å²) in [5, 5.41) is 9.92. The van der Waals surface area contributed by atoms with Crippen molar-refractivity contribution in [3.8, 4) is 23.0 Å². The summed E-state index contributed by atoms with van der Waals surface area (Å²) in [7, 11) is 4.30. The first kappa shape index (κ1) is 27.0. The van der Waals surface area contributed by atoms with E-state index < -0.39 is 12.0 Å². The van der Waals surface area contributed by atoms with Crippen molar-refractivity contribution >= 4 is 23.4 Å². The minimum atomic E-state index is -0.784. The number of rotatable bonds is 9. The summed E-state index contributed by atoms with van der Waals surface area (Å²) in [6.45, 7) is 4.36. The highest BCUT2D eigenvalue weighted by molar-refractivity contribution is 7.07. The predicted octanol–water partition coefficient (Wildman–Crippen LogP) is 3.31. The van der Waals surface area contributed by atoms with Gasteiger partial charge < -0.3 is 24.1 Å². The van der Waals surface area contributed by atoms with Crippen LogP contribution in [-0.2, 0) is 9.53 Å². The average molecular weight is 539 g/mol. The third-order valence-corrected chi connectivity index (χ3v) is 7.17. The molecule has 0 amide bonds. The minimum absolute atomic E-state index is 0.000484. The molecule has 200 valence electrons. The Labute approximate surface area is 223 Å². The molecular weight excluding hydrogens is 508 g/mol. The van der Waals surface area contributed by atoms with Crippen LogP contribution < -0.4 is 29.1 Å². The first-order chi connectivity index (χ1) is 18.3. The third-order valence-electron chi connectivity index (χ3n) is 6.19. The number of unbranched alkanes of at least 4 members (excludes halogenated alkanes) is 1. The van der Waals surface area contributed by atoms with Gasteiger partial charge in [-0.15, -0.1) is 0 Å². The molecule has 1 N–H and O–H groups in total. The number of allylic oxidation sites excluding steroid dienone is 1. The van der Waals surface area contributed by atoms with Crippen molar-refractivity contribution in [2.45, 2.75) is 32.7 Å². The number of aromatic nitrogens is 1. The predicted molar refractivity (Wildman–Crippen MR) is 144 cm³/mol. The molecule has 0 spiro atoms. The van der Waals surface area contributed by atoms with Gasteiger partial charge in [-0.3, -0.25) is 9.36 Å². The molecule has 4 rings (SSSR count). The molecule has 2 aromatic carbocycles. The molecule has 1 atom stereocenters. The molecule has 1 aliphatic heterocycles. The molecule has 2 heterocycles. The van der Waals surface area contributed by atoms with Crippen LogP contribution in [-0.4, -0.2) is 43.6 Å². The second kappa shape index (κ2) is 11.6. The maximum Gasteiger partial charge on any atom is 0.338 e. The lowest BCUT2D eigenvalue weighted by atomic mass is 9.95. The molecule has 0 fully saturated rings. The van der Waals surface area contributed by atoms with E-state index in [2.05, 4.69) is 11.9 Å². The second-order valence-corrected chi connectivity index (χ2v) is 9.63. The molecule has 38 heavy (non-hydrogen) atoms.